The molecule has 0 bridgehead atoms. The predicted octanol–water partition coefficient (Wildman–Crippen LogP) is 3.96. The first-order valence-corrected chi connectivity index (χ1v) is 12.9. The molecule has 0 radical (unpaired) electrons. The Bertz CT molecular complexity index is 1460. The number of anilines is 1. The van der Waals surface area contributed by atoms with Crippen molar-refractivity contribution in [1.29, 1.82) is 5.26 Å². The molecule has 37 heavy (non-hydrogen) atoms. The molecule has 0 spiro atoms. The van der Waals surface area contributed by atoms with Gasteiger partial charge in [-0.05, 0) is 48.7 Å². The number of ketones is 1. The summed E-state index contributed by atoms with van der Waals surface area (Å²) in [5, 5.41) is 18.6. The molecule has 1 unspecified atom stereocenters. The van der Waals surface area contributed by atoms with E-state index in [1.165, 1.54) is 31.3 Å². The number of carbonyl (C=O) groups is 2. The number of nitrogens with zero attached hydrogens (tertiary/aromatic N) is 3. The number of aliphatic hydroxyl groups is 1. The summed E-state index contributed by atoms with van der Waals surface area (Å²) in [4.78, 5) is 28.7. The summed E-state index contributed by atoms with van der Waals surface area (Å²) in [6.45, 7) is -0.686. The lowest BCUT2D eigenvalue weighted by molar-refractivity contribution is -0.137. The quantitative estimate of drug-likeness (QED) is 0.622. The molecule has 0 saturated carbocycles. The van der Waals surface area contributed by atoms with Gasteiger partial charge in [0, 0.05) is 24.7 Å². The first-order valence-electron chi connectivity index (χ1n) is 11.3. The van der Waals surface area contributed by atoms with Gasteiger partial charge in [-0.2, -0.15) is 18.4 Å². The number of urea groups is 1. The zero-order chi connectivity index (χ0) is 27.1. The van der Waals surface area contributed by atoms with Gasteiger partial charge < -0.3 is 10.0 Å². The molecule has 0 fully saturated rings. The molecular weight excluding hydrogens is 511 g/mol. The molecule has 2 aliphatic rings. The summed E-state index contributed by atoms with van der Waals surface area (Å²) in [6, 6.07) is 8.01. The molecule has 12 heteroatoms. The van der Waals surface area contributed by atoms with Crippen LogP contribution >= 0.6 is 0 Å². The van der Waals surface area contributed by atoms with Crippen LogP contribution in [0, 0.1) is 11.3 Å². The van der Waals surface area contributed by atoms with Gasteiger partial charge in [-0.25, -0.2) is 13.2 Å². The van der Waals surface area contributed by atoms with E-state index in [1.807, 2.05) is 6.07 Å². The second-order valence-corrected chi connectivity index (χ2v) is 10.8. The van der Waals surface area contributed by atoms with Crippen LogP contribution in [0.15, 0.2) is 58.6 Å². The van der Waals surface area contributed by atoms with E-state index in [9.17, 15) is 41.5 Å². The van der Waals surface area contributed by atoms with E-state index in [0.717, 1.165) is 28.0 Å². The highest BCUT2D eigenvalue weighted by molar-refractivity contribution is 7.91. The Kier molecular flexibility index (Phi) is 6.87. The van der Waals surface area contributed by atoms with E-state index in [4.69, 9.17) is 0 Å². The number of nitriles is 1. The van der Waals surface area contributed by atoms with Crippen molar-refractivity contribution in [3.63, 3.8) is 0 Å². The molecule has 1 heterocycles. The Morgan fingerprint density at radius 2 is 1.86 bits per heavy atom. The largest absolute Gasteiger partial charge is 0.416 e. The molecule has 4 rings (SSSR count). The smallest absolute Gasteiger partial charge is 0.395 e. The Morgan fingerprint density at radius 1 is 1.14 bits per heavy atom. The minimum atomic E-state index is -4.65. The Balaban J connectivity index is 1.97. The fourth-order valence-corrected chi connectivity index (χ4v) is 6.05. The van der Waals surface area contributed by atoms with Crippen molar-refractivity contribution in [2.45, 2.75) is 36.4 Å². The second-order valence-electron chi connectivity index (χ2n) is 8.72. The van der Waals surface area contributed by atoms with Crippen LogP contribution in [0.25, 0.3) is 0 Å². The number of rotatable bonds is 5. The van der Waals surface area contributed by atoms with Crippen molar-refractivity contribution >= 4 is 27.3 Å². The van der Waals surface area contributed by atoms with Crippen molar-refractivity contribution in [3.05, 3.63) is 70.4 Å². The zero-order valence-corrected chi connectivity index (χ0v) is 20.4. The number of carbonyl (C=O) groups excluding carboxylic acids is 2. The van der Waals surface area contributed by atoms with E-state index in [-0.39, 0.29) is 51.6 Å². The number of Topliss-reactive ketones (excluding diaryl/α,β-unsaturated/α-hetero) is 1. The molecule has 1 atom stereocenters. The molecule has 1 aliphatic carbocycles. The highest BCUT2D eigenvalue weighted by atomic mass is 32.2. The van der Waals surface area contributed by atoms with Crippen LogP contribution in [0.4, 0.5) is 23.7 Å². The molecule has 2 aromatic carbocycles. The van der Waals surface area contributed by atoms with Crippen LogP contribution in [0.3, 0.4) is 0 Å². The lowest BCUT2D eigenvalue weighted by atomic mass is 9.83. The van der Waals surface area contributed by atoms with Gasteiger partial charge in [0.15, 0.2) is 15.6 Å². The third kappa shape index (κ3) is 4.72. The van der Waals surface area contributed by atoms with Crippen LogP contribution < -0.4 is 4.90 Å². The number of hydrogen-bond acceptors (Lipinski definition) is 6. The van der Waals surface area contributed by atoms with Gasteiger partial charge in [-0.15, -0.1) is 0 Å². The molecule has 194 valence electrons. The lowest BCUT2D eigenvalue weighted by Crippen LogP contribution is -2.50. The maximum absolute atomic E-state index is 13.6. The maximum Gasteiger partial charge on any atom is 0.416 e. The number of hydrogen-bond donors (Lipinski definition) is 1. The van der Waals surface area contributed by atoms with Crippen LogP contribution in [-0.4, -0.2) is 49.6 Å². The molecule has 2 amide bonds. The topological polar surface area (TPSA) is 119 Å². The number of likely N-dealkylation sites (N-methyl/N-ethyl adjacent to an activating group) is 1. The molecular formula is C25H22F3N3O5S. The van der Waals surface area contributed by atoms with Crippen molar-refractivity contribution in [1.82, 2.24) is 4.90 Å². The minimum absolute atomic E-state index is 0.0276. The van der Waals surface area contributed by atoms with E-state index >= 15 is 0 Å². The number of sulfone groups is 1. The number of halogens is 3. The monoisotopic (exact) mass is 533 g/mol. The number of benzene rings is 2. The lowest BCUT2D eigenvalue weighted by Gasteiger charge is -2.44. The number of aliphatic hydroxyl groups excluding tert-OH is 1. The summed E-state index contributed by atoms with van der Waals surface area (Å²) in [7, 11) is -2.79. The Hall–Kier alpha value is -3.69. The fraction of sp³-hybridized carbons (Fsp3) is 0.320. The van der Waals surface area contributed by atoms with Crippen molar-refractivity contribution in [3.8, 4) is 6.07 Å². The number of alkyl halides is 3. The van der Waals surface area contributed by atoms with Crippen molar-refractivity contribution in [2.75, 3.05) is 24.3 Å². The standard InChI is InChI=1S/C25H22F3N3O5S/c1-30-23(18-9-8-15(14-29)12-21(18)37(35,36)11-10-32)22-19(6-3-7-20(22)33)31(24(30)34)17-5-2-4-16(13-17)25(26,27)28/h2,4-5,8-9,12-13,23,32H,3,6-7,10-11H2,1H3. The third-order valence-corrected chi connectivity index (χ3v) is 8.16. The van der Waals surface area contributed by atoms with Crippen LogP contribution in [0.5, 0.6) is 0 Å². The first-order chi connectivity index (χ1) is 17.4. The molecule has 2 aromatic rings. The summed E-state index contributed by atoms with van der Waals surface area (Å²) in [5.41, 5.74) is -0.624. The molecule has 8 nitrogen and oxygen atoms in total. The van der Waals surface area contributed by atoms with E-state index in [0.29, 0.717) is 6.42 Å². The summed E-state index contributed by atoms with van der Waals surface area (Å²) in [6.07, 6.45) is -3.97. The van der Waals surface area contributed by atoms with Crippen molar-refractivity contribution in [2.24, 2.45) is 0 Å². The maximum atomic E-state index is 13.6. The van der Waals surface area contributed by atoms with Gasteiger partial charge in [0.25, 0.3) is 0 Å². The summed E-state index contributed by atoms with van der Waals surface area (Å²) in [5.74, 6) is -1.01. The van der Waals surface area contributed by atoms with Gasteiger partial charge in [0.05, 0.1) is 46.2 Å². The predicted molar refractivity (Wildman–Crippen MR) is 126 cm³/mol. The van der Waals surface area contributed by atoms with Crippen LogP contribution in [0.1, 0.15) is 42.0 Å². The van der Waals surface area contributed by atoms with Crippen LogP contribution in [-0.2, 0) is 20.8 Å². The zero-order valence-electron chi connectivity index (χ0n) is 19.6. The van der Waals surface area contributed by atoms with Gasteiger partial charge in [-0.3, -0.25) is 9.69 Å². The van der Waals surface area contributed by atoms with E-state index in [2.05, 4.69) is 0 Å². The third-order valence-electron chi connectivity index (χ3n) is 6.42. The average molecular weight is 534 g/mol. The number of amides is 2. The minimum Gasteiger partial charge on any atom is -0.395 e. The van der Waals surface area contributed by atoms with Gasteiger partial charge in [-0.1, -0.05) is 12.1 Å². The van der Waals surface area contributed by atoms with Gasteiger partial charge in [0.1, 0.15) is 0 Å². The molecule has 1 aliphatic heterocycles. The second kappa shape index (κ2) is 9.64. The Labute approximate surface area is 211 Å². The van der Waals surface area contributed by atoms with E-state index in [1.54, 1.807) is 0 Å². The summed E-state index contributed by atoms with van der Waals surface area (Å²) < 4.78 is 66.2. The number of allylic oxidation sites excluding steroid dienone is 1. The normalized spacial score (nSPS) is 18.6. The van der Waals surface area contributed by atoms with Crippen molar-refractivity contribution < 1.29 is 36.3 Å². The average Bonchev–Trinajstić information content (AvgIpc) is 2.85. The molecule has 1 N–H and O–H groups in total. The Morgan fingerprint density at radius 3 is 2.51 bits per heavy atom. The molecule has 0 saturated heterocycles. The highest BCUT2D eigenvalue weighted by Gasteiger charge is 2.45. The van der Waals surface area contributed by atoms with E-state index < -0.39 is 46.0 Å². The first kappa shape index (κ1) is 26.4. The van der Waals surface area contributed by atoms with Gasteiger partial charge >= 0.3 is 12.2 Å². The SMILES string of the molecule is CN1C(=O)N(c2cccc(C(F)(F)F)c2)C2=C(C(=O)CCC2)C1c1ccc(C#N)cc1S(=O)(=O)CCO. The highest BCUT2D eigenvalue weighted by Crippen LogP contribution is 2.45. The fourth-order valence-electron chi connectivity index (χ4n) is 4.75. The summed E-state index contributed by atoms with van der Waals surface area (Å²) >= 11 is 0. The molecule has 0 aromatic heterocycles. The van der Waals surface area contributed by atoms with Gasteiger partial charge in [0.2, 0.25) is 0 Å². The van der Waals surface area contributed by atoms with Crippen LogP contribution in [0.2, 0.25) is 0 Å².